The third-order valence-corrected chi connectivity index (χ3v) is 11.7. The van der Waals surface area contributed by atoms with E-state index < -0.39 is 36.4 Å². The second-order valence-electron chi connectivity index (χ2n) is 16.2. The number of amides is 4. The molecule has 4 amide bonds. The zero-order valence-corrected chi connectivity index (χ0v) is 37.6. The maximum Gasteiger partial charge on any atom is 0.248 e. The van der Waals surface area contributed by atoms with Gasteiger partial charge in [-0.15, -0.1) is 0 Å². The van der Waals surface area contributed by atoms with Gasteiger partial charge in [0, 0.05) is 38.3 Å². The van der Waals surface area contributed by atoms with Crippen LogP contribution in [0.2, 0.25) is 0 Å². The topological polar surface area (TPSA) is 165 Å². The average Bonchev–Trinajstić information content (AvgIpc) is 3.98. The Morgan fingerprint density at radius 3 is 1.39 bits per heavy atom. The summed E-state index contributed by atoms with van der Waals surface area (Å²) in [5, 5.41) is 18.7. The minimum atomic E-state index is -0.898. The molecule has 14 heteroatoms. The molecule has 2 aromatic carbocycles. The van der Waals surface area contributed by atoms with Crippen LogP contribution in [0, 0.1) is 23.7 Å². The van der Waals surface area contributed by atoms with Gasteiger partial charge < -0.3 is 51.2 Å². The van der Waals surface area contributed by atoms with E-state index in [4.69, 9.17) is 9.47 Å². The zero-order valence-electron chi connectivity index (χ0n) is 37.6. The van der Waals surface area contributed by atoms with Crippen molar-refractivity contribution in [1.82, 2.24) is 41.7 Å². The Kier molecular flexibility index (Phi) is 22.0. The zero-order chi connectivity index (χ0) is 44.7. The molecule has 8 atom stereocenters. The monoisotopic (exact) mass is 855 g/mol. The van der Waals surface area contributed by atoms with E-state index in [-0.39, 0.29) is 48.9 Å². The number of likely N-dealkylation sites (N-methyl/N-ethyl adjacent to an activating group) is 2. The second kappa shape index (κ2) is 27.3. The minimum absolute atomic E-state index is 0.0107. The van der Waals surface area contributed by atoms with Gasteiger partial charge in [0.15, 0.2) is 0 Å². The summed E-state index contributed by atoms with van der Waals surface area (Å²) in [5.41, 5.74) is 2.51. The lowest BCUT2D eigenvalue weighted by molar-refractivity contribution is -0.141. The average molecular weight is 855 g/mol. The number of carbonyl (C=O) groups is 4. The fourth-order valence-corrected chi connectivity index (χ4v) is 7.60. The highest BCUT2D eigenvalue weighted by Crippen LogP contribution is 2.21. The van der Waals surface area contributed by atoms with Crippen molar-refractivity contribution in [3.63, 3.8) is 0 Å². The van der Waals surface area contributed by atoms with Gasteiger partial charge in [-0.3, -0.25) is 19.2 Å². The van der Waals surface area contributed by atoms with E-state index >= 15 is 0 Å². The van der Waals surface area contributed by atoms with Crippen LogP contribution < -0.4 is 31.9 Å². The van der Waals surface area contributed by atoms with E-state index in [0.717, 1.165) is 51.6 Å². The van der Waals surface area contributed by atoms with Crippen molar-refractivity contribution < 1.29 is 28.7 Å². The molecule has 0 aromatic heterocycles. The highest BCUT2D eigenvalue weighted by Gasteiger charge is 2.38. The van der Waals surface area contributed by atoms with Crippen molar-refractivity contribution in [2.24, 2.45) is 0 Å². The van der Waals surface area contributed by atoms with Gasteiger partial charge in [0.2, 0.25) is 23.6 Å². The van der Waals surface area contributed by atoms with Crippen LogP contribution in [-0.2, 0) is 41.5 Å². The number of hydrogen-bond donors (Lipinski definition) is 6. The quantitative estimate of drug-likeness (QED) is 0.0676. The lowest BCUT2D eigenvalue weighted by Gasteiger charge is -2.32. The number of hydrogen-bond acceptors (Lipinski definition) is 10. The standard InChI is InChI=1S/C48H70N8O6/c1-35(49-5)45(57)53-43(47(59)55-29-17-23-41(55)33-51-27-25-39-19-11-9-12-20-39)37(3)61-31-15-7-8-16-32-62-38(4)44(54-46(58)36(2)50-6)48(60)56-30-18-24-42(56)34-52-28-26-40-21-13-10-14-22-40/h9-14,19-22,35-38,41-44,49-52H,17-18,23-34H2,1-6H3,(H,53,57)(H,54,58)/t35-,36-,37+,38+,41-,42-,43-,44-/m0/s1. The summed E-state index contributed by atoms with van der Waals surface area (Å²) < 4.78 is 12.0. The van der Waals surface area contributed by atoms with Gasteiger partial charge in [0.1, 0.15) is 25.3 Å². The molecule has 0 saturated carbocycles. The summed E-state index contributed by atoms with van der Waals surface area (Å²) in [6.07, 6.45) is 4.02. The summed E-state index contributed by atoms with van der Waals surface area (Å²) in [5.74, 6) is 10.3. The highest BCUT2D eigenvalue weighted by atomic mass is 16.5. The van der Waals surface area contributed by atoms with Gasteiger partial charge >= 0.3 is 0 Å². The lowest BCUT2D eigenvalue weighted by Crippen LogP contribution is -2.58. The molecule has 2 aliphatic rings. The van der Waals surface area contributed by atoms with Crippen LogP contribution in [0.5, 0.6) is 0 Å². The van der Waals surface area contributed by atoms with E-state index in [0.29, 0.717) is 26.2 Å². The molecule has 0 unspecified atom stereocenters. The van der Waals surface area contributed by atoms with Gasteiger partial charge in [-0.1, -0.05) is 72.5 Å². The molecular formula is C48H70N8O6. The number of ether oxygens (including phenoxy) is 2. The molecule has 6 N–H and O–H groups in total. The molecule has 2 saturated heterocycles. The van der Waals surface area contributed by atoms with Crippen molar-refractivity contribution in [1.29, 1.82) is 0 Å². The second-order valence-corrected chi connectivity index (χ2v) is 16.2. The Hall–Kier alpha value is -4.80. The Bertz CT molecular complexity index is 1680. The highest BCUT2D eigenvalue weighted by molar-refractivity contribution is 5.91. The van der Waals surface area contributed by atoms with E-state index in [2.05, 4.69) is 79.8 Å². The summed E-state index contributed by atoms with van der Waals surface area (Å²) in [4.78, 5) is 57.7. The Morgan fingerprint density at radius 2 is 1.02 bits per heavy atom. The summed E-state index contributed by atoms with van der Waals surface area (Å²) in [6.45, 7) is 11.1. The third kappa shape index (κ3) is 16.2. The molecule has 2 fully saturated rings. The molecule has 14 nitrogen and oxygen atoms in total. The number of benzene rings is 2. The Labute approximate surface area is 369 Å². The molecule has 4 rings (SSSR count). The number of nitrogens with zero attached hydrogens (tertiary/aromatic N) is 2. The van der Waals surface area contributed by atoms with Gasteiger partial charge in [0.05, 0.1) is 24.3 Å². The fraction of sp³-hybridized carbons (Fsp3) is 0.583. The molecule has 2 heterocycles. The molecular weight excluding hydrogens is 785 g/mol. The number of nitrogens with one attached hydrogen (secondary N) is 6. The van der Waals surface area contributed by atoms with Gasteiger partial charge in [-0.25, -0.2) is 0 Å². The van der Waals surface area contributed by atoms with Gasteiger partial charge in [-0.2, -0.15) is 0 Å². The first-order valence-corrected chi connectivity index (χ1v) is 22.3. The van der Waals surface area contributed by atoms with Crippen molar-refractivity contribution in [3.8, 4) is 23.7 Å². The largest absolute Gasteiger partial charge is 0.363 e. The van der Waals surface area contributed by atoms with Crippen LogP contribution in [-0.4, -0.2) is 148 Å². The fourth-order valence-electron chi connectivity index (χ4n) is 7.60. The van der Waals surface area contributed by atoms with Crippen LogP contribution >= 0.6 is 0 Å². The van der Waals surface area contributed by atoms with Crippen LogP contribution in [0.4, 0.5) is 0 Å². The van der Waals surface area contributed by atoms with Crippen LogP contribution in [0.3, 0.4) is 0 Å². The SMILES string of the molecule is CN[C@@H](C)C(=O)N[C@H](C(=O)N1CCC[C@H]1CNCCc1ccccc1)[C@@H](C)OCC#CC#CCO[C@H](C)[C@H](NC(=O)[C@H](C)NC)C(=O)N1CCC[C@H]1CNCCc1ccccc1. The summed E-state index contributed by atoms with van der Waals surface area (Å²) in [6, 6.07) is 17.8. The van der Waals surface area contributed by atoms with Crippen molar-refractivity contribution in [2.75, 3.05) is 66.6 Å². The molecule has 338 valence electrons. The molecule has 0 aliphatic carbocycles. The van der Waals surface area contributed by atoms with E-state index in [1.165, 1.54) is 11.1 Å². The lowest BCUT2D eigenvalue weighted by atomic mass is 10.1. The predicted molar refractivity (Wildman–Crippen MR) is 243 cm³/mol. The minimum Gasteiger partial charge on any atom is -0.363 e. The number of carbonyl (C=O) groups excluding carboxylic acids is 4. The first-order valence-electron chi connectivity index (χ1n) is 22.3. The third-order valence-electron chi connectivity index (χ3n) is 11.7. The predicted octanol–water partition coefficient (Wildman–Crippen LogP) is 1.64. The smallest absolute Gasteiger partial charge is 0.248 e. The number of likely N-dealkylation sites (tertiary alicyclic amines) is 2. The van der Waals surface area contributed by atoms with Crippen LogP contribution in [0.1, 0.15) is 64.5 Å². The Morgan fingerprint density at radius 1 is 0.629 bits per heavy atom. The molecule has 62 heavy (non-hydrogen) atoms. The molecule has 2 aliphatic heterocycles. The first-order chi connectivity index (χ1) is 30.0. The van der Waals surface area contributed by atoms with Gasteiger partial charge in [-0.05, 0) is 116 Å². The number of rotatable bonds is 24. The van der Waals surface area contributed by atoms with Crippen LogP contribution in [0.25, 0.3) is 0 Å². The van der Waals surface area contributed by atoms with Crippen molar-refractivity contribution in [3.05, 3.63) is 71.8 Å². The molecule has 0 spiro atoms. The maximum absolute atomic E-state index is 14.0. The van der Waals surface area contributed by atoms with Crippen molar-refractivity contribution in [2.45, 2.75) is 115 Å². The summed E-state index contributed by atoms with van der Waals surface area (Å²) >= 11 is 0. The van der Waals surface area contributed by atoms with E-state index in [9.17, 15) is 19.2 Å². The summed E-state index contributed by atoms with van der Waals surface area (Å²) in [7, 11) is 3.39. The Balaban J connectivity index is 1.29. The maximum atomic E-state index is 14.0. The first kappa shape index (κ1) is 49.9. The van der Waals surface area contributed by atoms with E-state index in [1.54, 1.807) is 41.8 Å². The normalized spacial score (nSPS) is 18.9. The molecule has 2 aromatic rings. The van der Waals surface area contributed by atoms with Gasteiger partial charge in [0.25, 0.3) is 0 Å². The van der Waals surface area contributed by atoms with Crippen molar-refractivity contribution >= 4 is 23.6 Å². The van der Waals surface area contributed by atoms with E-state index in [1.807, 2.05) is 46.2 Å². The van der Waals surface area contributed by atoms with Crippen LogP contribution in [0.15, 0.2) is 60.7 Å². The molecule has 0 bridgehead atoms. The molecule has 0 radical (unpaired) electrons.